The van der Waals surface area contributed by atoms with E-state index in [4.69, 9.17) is 5.73 Å². The molecule has 1 heterocycles. The fourth-order valence-electron chi connectivity index (χ4n) is 1.80. The summed E-state index contributed by atoms with van der Waals surface area (Å²) in [7, 11) is 1.33. The van der Waals surface area contributed by atoms with Gasteiger partial charge in [-0.25, -0.2) is 9.37 Å². The average Bonchev–Trinajstić information content (AvgIpc) is 2.39. The van der Waals surface area contributed by atoms with Crippen molar-refractivity contribution in [3.8, 4) is 0 Å². The number of nitrogens with one attached hydrogen (secondary N) is 1. The number of carbonyl (C=O) groups is 1. The second-order valence-corrected chi connectivity index (χ2v) is 4.00. The summed E-state index contributed by atoms with van der Waals surface area (Å²) in [6.07, 6.45) is 1.79. The summed E-state index contributed by atoms with van der Waals surface area (Å²) < 4.78 is 17.9. The summed E-state index contributed by atoms with van der Waals surface area (Å²) in [6, 6.07) is 4.34. The smallest absolute Gasteiger partial charge is 0.307 e. The molecule has 0 amide bonds. The number of pyridine rings is 1. The zero-order valence-corrected chi connectivity index (χ0v) is 10.4. The summed E-state index contributed by atoms with van der Waals surface area (Å²) in [5, 5.41) is 4.28. The van der Waals surface area contributed by atoms with Gasteiger partial charge < -0.3 is 15.8 Å². The minimum Gasteiger partial charge on any atom is -0.469 e. The highest BCUT2D eigenvalue weighted by atomic mass is 19.1. The van der Waals surface area contributed by atoms with E-state index < -0.39 is 5.82 Å². The molecule has 1 aromatic heterocycles. The molecule has 0 bridgehead atoms. The van der Waals surface area contributed by atoms with Crippen LogP contribution in [0, 0.1) is 5.82 Å². The Balaban J connectivity index is 2.26. The van der Waals surface area contributed by atoms with Gasteiger partial charge in [0.15, 0.2) is 0 Å². The molecule has 2 aromatic rings. The number of fused-ring (bicyclic) bond motifs is 1. The van der Waals surface area contributed by atoms with Crippen LogP contribution >= 0.6 is 0 Å². The molecule has 2 rings (SSSR count). The van der Waals surface area contributed by atoms with Crippen LogP contribution in [0.25, 0.3) is 10.8 Å². The van der Waals surface area contributed by atoms with Gasteiger partial charge in [-0.1, -0.05) is 0 Å². The lowest BCUT2D eigenvalue weighted by Gasteiger charge is -2.09. The van der Waals surface area contributed by atoms with Crippen molar-refractivity contribution in [3.05, 3.63) is 30.2 Å². The van der Waals surface area contributed by atoms with Gasteiger partial charge >= 0.3 is 5.97 Å². The van der Waals surface area contributed by atoms with Gasteiger partial charge in [0, 0.05) is 29.2 Å². The van der Waals surface area contributed by atoms with Crippen molar-refractivity contribution in [3.63, 3.8) is 0 Å². The van der Waals surface area contributed by atoms with Crippen molar-refractivity contribution in [2.24, 2.45) is 0 Å². The Morgan fingerprint density at radius 3 is 3.00 bits per heavy atom. The molecule has 0 saturated carbocycles. The van der Waals surface area contributed by atoms with E-state index in [9.17, 15) is 9.18 Å². The number of hydrogen-bond acceptors (Lipinski definition) is 5. The first-order valence-corrected chi connectivity index (χ1v) is 5.76. The lowest BCUT2D eigenvalue weighted by molar-refractivity contribution is -0.140. The molecule has 3 N–H and O–H groups in total. The number of rotatable bonds is 4. The molecule has 19 heavy (non-hydrogen) atoms. The Hall–Kier alpha value is -2.37. The molecule has 0 unspecified atom stereocenters. The Morgan fingerprint density at radius 2 is 2.26 bits per heavy atom. The Labute approximate surface area is 109 Å². The van der Waals surface area contributed by atoms with Crippen LogP contribution in [0.4, 0.5) is 15.9 Å². The predicted molar refractivity (Wildman–Crippen MR) is 71.2 cm³/mol. The quantitative estimate of drug-likeness (QED) is 0.651. The van der Waals surface area contributed by atoms with Crippen molar-refractivity contribution >= 4 is 28.2 Å². The summed E-state index contributed by atoms with van der Waals surface area (Å²) in [6.45, 7) is 0.356. The number of halogens is 1. The Bertz CT molecular complexity index is 616. The van der Waals surface area contributed by atoms with Crippen LogP contribution in [-0.4, -0.2) is 24.6 Å². The normalized spacial score (nSPS) is 10.4. The highest BCUT2D eigenvalue weighted by molar-refractivity contribution is 5.99. The minimum atomic E-state index is -0.422. The van der Waals surface area contributed by atoms with Crippen LogP contribution in [-0.2, 0) is 9.53 Å². The summed E-state index contributed by atoms with van der Waals surface area (Å²) in [5.41, 5.74) is 6.11. The first kappa shape index (κ1) is 13.1. The van der Waals surface area contributed by atoms with Crippen molar-refractivity contribution in [1.82, 2.24) is 4.98 Å². The average molecular weight is 263 g/mol. The summed E-state index contributed by atoms with van der Waals surface area (Å²) >= 11 is 0. The van der Waals surface area contributed by atoms with E-state index in [1.54, 1.807) is 12.3 Å². The molecular weight excluding hydrogens is 249 g/mol. The van der Waals surface area contributed by atoms with Crippen LogP contribution in [0.15, 0.2) is 24.4 Å². The van der Waals surface area contributed by atoms with E-state index in [-0.39, 0.29) is 12.4 Å². The molecule has 0 aliphatic carbocycles. The zero-order chi connectivity index (χ0) is 13.8. The molecule has 0 aliphatic rings. The second-order valence-electron chi connectivity index (χ2n) is 4.00. The highest BCUT2D eigenvalue weighted by Crippen LogP contribution is 2.27. The van der Waals surface area contributed by atoms with E-state index in [0.29, 0.717) is 23.4 Å². The SMILES string of the molecule is COC(=O)CCNc1nccc2c(N)cc(F)cc12. The number of ether oxygens (including phenoxy) is 1. The number of esters is 1. The molecule has 0 aliphatic heterocycles. The number of carbonyl (C=O) groups excluding carboxylic acids is 1. The van der Waals surface area contributed by atoms with Crippen LogP contribution < -0.4 is 11.1 Å². The van der Waals surface area contributed by atoms with Crippen LogP contribution in [0.1, 0.15) is 6.42 Å². The Morgan fingerprint density at radius 1 is 1.47 bits per heavy atom. The van der Waals surface area contributed by atoms with Gasteiger partial charge in [0.05, 0.1) is 13.5 Å². The van der Waals surface area contributed by atoms with Gasteiger partial charge in [0.2, 0.25) is 0 Å². The van der Waals surface area contributed by atoms with Crippen LogP contribution in [0.5, 0.6) is 0 Å². The number of hydrogen-bond donors (Lipinski definition) is 2. The molecule has 0 atom stereocenters. The third-order valence-corrected chi connectivity index (χ3v) is 2.73. The van der Waals surface area contributed by atoms with Crippen molar-refractivity contribution < 1.29 is 13.9 Å². The molecule has 0 spiro atoms. The van der Waals surface area contributed by atoms with Gasteiger partial charge in [-0.2, -0.15) is 0 Å². The third kappa shape index (κ3) is 2.90. The highest BCUT2D eigenvalue weighted by Gasteiger charge is 2.07. The van der Waals surface area contributed by atoms with E-state index in [0.717, 1.165) is 5.39 Å². The van der Waals surface area contributed by atoms with Crippen molar-refractivity contribution in [2.45, 2.75) is 6.42 Å². The van der Waals surface area contributed by atoms with Gasteiger partial charge in [-0.05, 0) is 18.2 Å². The molecule has 0 radical (unpaired) electrons. The largest absolute Gasteiger partial charge is 0.469 e. The second kappa shape index (κ2) is 5.51. The molecule has 1 aromatic carbocycles. The minimum absolute atomic E-state index is 0.208. The van der Waals surface area contributed by atoms with Crippen LogP contribution in [0.2, 0.25) is 0 Å². The number of aromatic nitrogens is 1. The number of benzene rings is 1. The van der Waals surface area contributed by atoms with E-state index in [2.05, 4.69) is 15.0 Å². The first-order valence-electron chi connectivity index (χ1n) is 5.76. The monoisotopic (exact) mass is 263 g/mol. The Kier molecular flexibility index (Phi) is 3.79. The third-order valence-electron chi connectivity index (χ3n) is 2.73. The van der Waals surface area contributed by atoms with E-state index >= 15 is 0 Å². The fraction of sp³-hybridized carbons (Fsp3) is 0.231. The first-order chi connectivity index (χ1) is 9.11. The maximum absolute atomic E-state index is 13.4. The number of nitrogen functional groups attached to an aromatic ring is 1. The number of methoxy groups -OCH3 is 1. The van der Waals surface area contributed by atoms with Gasteiger partial charge in [0.1, 0.15) is 11.6 Å². The molecule has 0 fully saturated rings. The van der Waals surface area contributed by atoms with Crippen molar-refractivity contribution in [2.75, 3.05) is 24.7 Å². The maximum atomic E-state index is 13.4. The molecule has 5 nitrogen and oxygen atoms in total. The standard InChI is InChI=1S/C13H14FN3O2/c1-19-12(18)3-5-17-13-10-6-8(14)7-11(15)9(10)2-4-16-13/h2,4,6-7H,3,5,15H2,1H3,(H,16,17). The van der Waals surface area contributed by atoms with Gasteiger partial charge in [0.25, 0.3) is 0 Å². The van der Waals surface area contributed by atoms with Gasteiger partial charge in [-0.3, -0.25) is 4.79 Å². The molecule has 100 valence electrons. The molecule has 6 heteroatoms. The van der Waals surface area contributed by atoms with E-state index in [1.165, 1.54) is 19.2 Å². The predicted octanol–water partition coefficient (Wildman–Crippen LogP) is 1.93. The maximum Gasteiger partial charge on any atom is 0.307 e. The number of nitrogens with two attached hydrogens (primary N) is 1. The number of anilines is 2. The lowest BCUT2D eigenvalue weighted by atomic mass is 10.1. The van der Waals surface area contributed by atoms with Gasteiger partial charge in [-0.15, -0.1) is 0 Å². The summed E-state index contributed by atoms with van der Waals surface area (Å²) in [4.78, 5) is 15.1. The molecule has 0 saturated heterocycles. The van der Waals surface area contributed by atoms with Crippen LogP contribution in [0.3, 0.4) is 0 Å². The fourth-order valence-corrected chi connectivity index (χ4v) is 1.80. The molecular formula is C13H14FN3O2. The summed E-state index contributed by atoms with van der Waals surface area (Å²) in [5.74, 6) is -0.250. The lowest BCUT2D eigenvalue weighted by Crippen LogP contribution is -2.10. The number of nitrogens with zero attached hydrogens (tertiary/aromatic N) is 1. The topological polar surface area (TPSA) is 77.2 Å². The van der Waals surface area contributed by atoms with E-state index in [1.807, 2.05) is 0 Å². The van der Waals surface area contributed by atoms with Crippen molar-refractivity contribution in [1.29, 1.82) is 0 Å². The zero-order valence-electron chi connectivity index (χ0n) is 10.4.